The highest BCUT2D eigenvalue weighted by Crippen LogP contribution is 2.26. The van der Waals surface area contributed by atoms with Crippen molar-refractivity contribution in [3.05, 3.63) is 52.8 Å². The van der Waals surface area contributed by atoms with E-state index in [1.807, 2.05) is 0 Å². The van der Waals surface area contributed by atoms with Gasteiger partial charge >= 0.3 is 0 Å². The van der Waals surface area contributed by atoms with Gasteiger partial charge in [-0.3, -0.25) is 4.68 Å². The molecule has 0 aliphatic heterocycles. The summed E-state index contributed by atoms with van der Waals surface area (Å²) >= 11 is 12.2. The van der Waals surface area contributed by atoms with Gasteiger partial charge in [-0.25, -0.2) is 0 Å². The second-order valence-electron chi connectivity index (χ2n) is 5.51. The Morgan fingerprint density at radius 1 is 1.08 bits per heavy atom. The van der Waals surface area contributed by atoms with Crippen LogP contribution in [0.5, 0.6) is 0 Å². The van der Waals surface area contributed by atoms with Crippen LogP contribution in [0.2, 0.25) is 10.0 Å². The topological polar surface area (TPSA) is 93.2 Å². The first-order chi connectivity index (χ1) is 12.6. The van der Waals surface area contributed by atoms with Crippen LogP contribution >= 0.6 is 23.2 Å². The number of nitrogens with one attached hydrogen (secondary N) is 1. The zero-order valence-electron chi connectivity index (χ0n) is 13.3. The van der Waals surface area contributed by atoms with E-state index in [0.717, 1.165) is 11.3 Å². The molecule has 3 aromatic heterocycles. The number of hydrogen-bond acceptors (Lipinski definition) is 6. The molecule has 26 heavy (non-hydrogen) atoms. The molecule has 0 bridgehead atoms. The third-order valence-electron chi connectivity index (χ3n) is 3.62. The first-order valence-corrected chi connectivity index (χ1v) is 8.47. The van der Waals surface area contributed by atoms with Gasteiger partial charge in [-0.1, -0.05) is 23.2 Å². The van der Waals surface area contributed by atoms with Crippen molar-refractivity contribution < 1.29 is 5.11 Å². The van der Waals surface area contributed by atoms with Gasteiger partial charge in [-0.05, 0) is 30.3 Å². The van der Waals surface area contributed by atoms with Gasteiger partial charge < -0.3 is 10.4 Å². The molecule has 132 valence electrons. The Labute approximate surface area is 158 Å². The molecule has 0 radical (unpaired) electrons. The Morgan fingerprint density at radius 2 is 1.88 bits per heavy atom. The van der Waals surface area contributed by atoms with Gasteiger partial charge in [0.05, 0.1) is 25.0 Å². The standard InChI is InChI=1S/C16H13Cl2N7O/c17-11-5-10(6-12(18)7-11)16-22-21-15-2-1-14(23-25(15)16)20-13-8-19-24(9-13)3-4-26/h1-2,5-9,26H,3-4H2,(H,20,23). The van der Waals surface area contributed by atoms with Gasteiger partial charge in [0.1, 0.15) is 0 Å². The zero-order valence-corrected chi connectivity index (χ0v) is 14.9. The average molecular weight is 390 g/mol. The molecule has 0 saturated carbocycles. The normalized spacial score (nSPS) is 11.2. The molecule has 0 spiro atoms. The maximum Gasteiger partial charge on any atom is 0.185 e. The monoisotopic (exact) mass is 389 g/mol. The van der Waals surface area contributed by atoms with E-state index in [1.165, 1.54) is 0 Å². The molecular weight excluding hydrogens is 377 g/mol. The Balaban J connectivity index is 1.69. The fourth-order valence-electron chi connectivity index (χ4n) is 2.52. The van der Waals surface area contributed by atoms with Gasteiger partial charge in [0.15, 0.2) is 17.3 Å². The van der Waals surface area contributed by atoms with E-state index in [1.54, 1.807) is 51.9 Å². The number of nitrogens with zero attached hydrogens (tertiary/aromatic N) is 6. The van der Waals surface area contributed by atoms with Crippen LogP contribution in [-0.4, -0.2) is 41.3 Å². The highest BCUT2D eigenvalue weighted by atomic mass is 35.5. The molecule has 0 aliphatic carbocycles. The van der Waals surface area contributed by atoms with Gasteiger partial charge in [0.25, 0.3) is 0 Å². The molecule has 0 fully saturated rings. The summed E-state index contributed by atoms with van der Waals surface area (Å²) in [5.41, 5.74) is 2.07. The summed E-state index contributed by atoms with van der Waals surface area (Å²) in [6.45, 7) is 0.455. The molecule has 8 nitrogen and oxygen atoms in total. The maximum atomic E-state index is 8.96. The van der Waals surface area contributed by atoms with Crippen molar-refractivity contribution >= 4 is 40.4 Å². The lowest BCUT2D eigenvalue weighted by Gasteiger charge is -2.05. The number of halogens is 2. The molecule has 0 amide bonds. The van der Waals surface area contributed by atoms with Crippen LogP contribution in [0.3, 0.4) is 0 Å². The fourth-order valence-corrected chi connectivity index (χ4v) is 3.05. The molecular formula is C16H13Cl2N7O. The summed E-state index contributed by atoms with van der Waals surface area (Å²) in [5.74, 6) is 1.12. The average Bonchev–Trinajstić information content (AvgIpc) is 3.21. The predicted octanol–water partition coefficient (Wildman–Crippen LogP) is 3.03. The van der Waals surface area contributed by atoms with E-state index in [2.05, 4.69) is 25.7 Å². The van der Waals surface area contributed by atoms with Crippen LogP contribution in [-0.2, 0) is 6.54 Å². The lowest BCUT2D eigenvalue weighted by atomic mass is 10.2. The Morgan fingerprint density at radius 3 is 2.65 bits per heavy atom. The first-order valence-electron chi connectivity index (χ1n) is 7.71. The molecule has 10 heteroatoms. The fraction of sp³-hybridized carbons (Fsp3) is 0.125. The predicted molar refractivity (Wildman–Crippen MR) is 98.8 cm³/mol. The molecule has 0 aliphatic rings. The second kappa shape index (κ2) is 6.91. The third-order valence-corrected chi connectivity index (χ3v) is 4.05. The summed E-state index contributed by atoms with van der Waals surface area (Å²) < 4.78 is 3.25. The third kappa shape index (κ3) is 3.34. The molecule has 2 N–H and O–H groups in total. The number of anilines is 2. The van der Waals surface area contributed by atoms with E-state index in [4.69, 9.17) is 28.3 Å². The molecule has 0 saturated heterocycles. The molecule has 1 aromatic carbocycles. The lowest BCUT2D eigenvalue weighted by molar-refractivity contribution is 0.269. The highest BCUT2D eigenvalue weighted by molar-refractivity contribution is 6.35. The summed E-state index contributed by atoms with van der Waals surface area (Å²) in [6.07, 6.45) is 3.44. The smallest absolute Gasteiger partial charge is 0.185 e. The van der Waals surface area contributed by atoms with Crippen molar-refractivity contribution in [3.8, 4) is 11.4 Å². The number of aliphatic hydroxyl groups excluding tert-OH is 1. The minimum absolute atomic E-state index is 0.0254. The minimum atomic E-state index is 0.0254. The van der Waals surface area contributed by atoms with Crippen LogP contribution in [0.1, 0.15) is 0 Å². The number of benzene rings is 1. The van der Waals surface area contributed by atoms with Gasteiger partial charge in [-0.2, -0.15) is 9.61 Å². The SMILES string of the molecule is OCCn1cc(Nc2ccc3nnc(-c4cc(Cl)cc(Cl)c4)n3n2)cn1. The second-order valence-corrected chi connectivity index (χ2v) is 6.38. The number of rotatable bonds is 5. The van der Waals surface area contributed by atoms with Crippen molar-refractivity contribution in [2.24, 2.45) is 0 Å². The first kappa shape index (κ1) is 16.8. The summed E-state index contributed by atoms with van der Waals surface area (Å²) in [5, 5.41) is 30.1. The van der Waals surface area contributed by atoms with E-state index in [-0.39, 0.29) is 6.61 Å². The van der Waals surface area contributed by atoms with Crippen LogP contribution in [0.4, 0.5) is 11.5 Å². The van der Waals surface area contributed by atoms with Crippen LogP contribution in [0.15, 0.2) is 42.7 Å². The van der Waals surface area contributed by atoms with Crippen molar-refractivity contribution in [2.75, 3.05) is 11.9 Å². The zero-order chi connectivity index (χ0) is 18.1. The van der Waals surface area contributed by atoms with Crippen LogP contribution in [0, 0.1) is 0 Å². The summed E-state index contributed by atoms with van der Waals surface area (Å²) in [4.78, 5) is 0. The number of aliphatic hydroxyl groups is 1. The molecule has 3 heterocycles. The van der Waals surface area contributed by atoms with Crippen molar-refractivity contribution in [1.29, 1.82) is 0 Å². The molecule has 4 rings (SSSR count). The maximum absolute atomic E-state index is 8.96. The Bertz CT molecular complexity index is 1060. The van der Waals surface area contributed by atoms with Gasteiger partial charge in [0.2, 0.25) is 0 Å². The largest absolute Gasteiger partial charge is 0.394 e. The highest BCUT2D eigenvalue weighted by Gasteiger charge is 2.12. The van der Waals surface area contributed by atoms with E-state index in [0.29, 0.717) is 33.9 Å². The van der Waals surface area contributed by atoms with Crippen molar-refractivity contribution in [1.82, 2.24) is 29.6 Å². The quantitative estimate of drug-likeness (QED) is 0.544. The van der Waals surface area contributed by atoms with Gasteiger partial charge in [-0.15, -0.1) is 15.3 Å². The van der Waals surface area contributed by atoms with E-state index < -0.39 is 0 Å². The van der Waals surface area contributed by atoms with E-state index in [9.17, 15) is 0 Å². The molecule has 4 aromatic rings. The van der Waals surface area contributed by atoms with Gasteiger partial charge in [0, 0.05) is 21.8 Å². The van der Waals surface area contributed by atoms with Crippen molar-refractivity contribution in [2.45, 2.75) is 6.54 Å². The molecule has 0 atom stereocenters. The number of aromatic nitrogens is 6. The van der Waals surface area contributed by atoms with Crippen LogP contribution < -0.4 is 5.32 Å². The van der Waals surface area contributed by atoms with Crippen LogP contribution in [0.25, 0.3) is 17.0 Å². The minimum Gasteiger partial charge on any atom is -0.394 e. The number of fused-ring (bicyclic) bond motifs is 1. The van der Waals surface area contributed by atoms with Crippen molar-refractivity contribution in [3.63, 3.8) is 0 Å². The molecule has 0 unspecified atom stereocenters. The number of hydrogen-bond donors (Lipinski definition) is 2. The summed E-state index contributed by atoms with van der Waals surface area (Å²) in [6, 6.07) is 8.76. The summed E-state index contributed by atoms with van der Waals surface area (Å²) in [7, 11) is 0. The Hall–Kier alpha value is -2.68. The lowest BCUT2D eigenvalue weighted by Crippen LogP contribution is -2.02. The van der Waals surface area contributed by atoms with E-state index >= 15 is 0 Å². The Kier molecular flexibility index (Phi) is 4.46.